The lowest BCUT2D eigenvalue weighted by Crippen LogP contribution is -2.58. The van der Waals surface area contributed by atoms with Gasteiger partial charge in [-0.15, -0.1) is 0 Å². The molecule has 1 aliphatic rings. The van der Waals surface area contributed by atoms with Crippen molar-refractivity contribution in [2.75, 3.05) is 0 Å². The lowest BCUT2D eigenvalue weighted by atomic mass is 9.70. The third kappa shape index (κ3) is 4.31. The standard InChI is InChI=1S/C24H32N2O/c1-16(2)23(27)21-13-18(4)22(19-9-7-6-8-10-19)26-24(21,5)14-20-12-11-17(3)15-25-20/h6-13,15-16,21-23,26-27H,14H2,1-5H3/t21-,22+,23+,24-/m0/s1. The quantitative estimate of drug-likeness (QED) is 0.761. The highest BCUT2D eigenvalue weighted by Gasteiger charge is 2.43. The van der Waals surface area contributed by atoms with Gasteiger partial charge in [-0.1, -0.05) is 61.9 Å². The highest BCUT2D eigenvalue weighted by atomic mass is 16.3. The van der Waals surface area contributed by atoms with Gasteiger partial charge in [0, 0.05) is 29.8 Å². The maximum absolute atomic E-state index is 11.0. The third-order valence-electron chi connectivity index (χ3n) is 5.81. The van der Waals surface area contributed by atoms with Crippen molar-refractivity contribution in [1.29, 1.82) is 0 Å². The van der Waals surface area contributed by atoms with Crippen LogP contribution in [0.4, 0.5) is 0 Å². The minimum absolute atomic E-state index is 0.0283. The first-order valence-electron chi connectivity index (χ1n) is 9.91. The molecule has 0 radical (unpaired) electrons. The SMILES string of the molecule is CC1=C[C@@H]([C@H](O)C(C)C)[C@](C)(Cc2ccc(C)cn2)N[C@H]1c1ccccc1. The Morgan fingerprint density at radius 3 is 2.41 bits per heavy atom. The van der Waals surface area contributed by atoms with Gasteiger partial charge in [0.25, 0.3) is 0 Å². The summed E-state index contributed by atoms with van der Waals surface area (Å²) in [5.41, 5.74) is 4.45. The van der Waals surface area contributed by atoms with Crippen molar-refractivity contribution in [1.82, 2.24) is 10.3 Å². The van der Waals surface area contributed by atoms with E-state index in [-0.39, 0.29) is 23.4 Å². The van der Waals surface area contributed by atoms with Gasteiger partial charge in [-0.3, -0.25) is 4.98 Å². The Bertz CT molecular complexity index is 782. The molecular weight excluding hydrogens is 332 g/mol. The molecule has 144 valence electrons. The van der Waals surface area contributed by atoms with Crippen LogP contribution in [-0.2, 0) is 6.42 Å². The molecule has 1 aromatic heterocycles. The van der Waals surface area contributed by atoms with Crippen LogP contribution >= 0.6 is 0 Å². The van der Waals surface area contributed by atoms with Gasteiger partial charge >= 0.3 is 0 Å². The lowest BCUT2D eigenvalue weighted by Gasteiger charge is -2.47. The molecule has 0 amide bonds. The van der Waals surface area contributed by atoms with Crippen LogP contribution in [0, 0.1) is 18.8 Å². The van der Waals surface area contributed by atoms with E-state index < -0.39 is 6.10 Å². The maximum Gasteiger partial charge on any atom is 0.0643 e. The Balaban J connectivity index is 1.99. The van der Waals surface area contributed by atoms with Gasteiger partial charge in [0.1, 0.15) is 0 Å². The van der Waals surface area contributed by atoms with Crippen molar-refractivity contribution in [2.24, 2.45) is 11.8 Å². The summed E-state index contributed by atoms with van der Waals surface area (Å²) in [4.78, 5) is 4.63. The predicted molar refractivity (Wildman–Crippen MR) is 111 cm³/mol. The Morgan fingerprint density at radius 1 is 1.11 bits per heavy atom. The molecule has 0 unspecified atom stereocenters. The molecule has 3 heteroatoms. The van der Waals surface area contributed by atoms with E-state index in [4.69, 9.17) is 0 Å². The maximum atomic E-state index is 11.0. The third-order valence-corrected chi connectivity index (χ3v) is 5.81. The van der Waals surface area contributed by atoms with E-state index in [9.17, 15) is 5.11 Å². The molecule has 0 spiro atoms. The van der Waals surface area contributed by atoms with Crippen LogP contribution in [0.1, 0.15) is 50.6 Å². The molecule has 1 aromatic carbocycles. The Morgan fingerprint density at radius 2 is 1.81 bits per heavy atom. The van der Waals surface area contributed by atoms with E-state index in [1.807, 2.05) is 12.3 Å². The number of pyridine rings is 1. The summed E-state index contributed by atoms with van der Waals surface area (Å²) in [5, 5.41) is 14.9. The number of hydrogen-bond donors (Lipinski definition) is 2. The molecule has 27 heavy (non-hydrogen) atoms. The van der Waals surface area contributed by atoms with Crippen LogP contribution in [-0.4, -0.2) is 21.7 Å². The Hall–Kier alpha value is -1.97. The highest BCUT2D eigenvalue weighted by molar-refractivity contribution is 5.33. The zero-order valence-electron chi connectivity index (χ0n) is 17.1. The summed E-state index contributed by atoms with van der Waals surface area (Å²) in [5.74, 6) is 0.222. The van der Waals surface area contributed by atoms with Gasteiger partial charge in [0.05, 0.1) is 12.1 Å². The molecule has 2 N–H and O–H groups in total. The van der Waals surface area contributed by atoms with E-state index in [1.165, 1.54) is 11.1 Å². The van der Waals surface area contributed by atoms with Crippen LogP contribution in [0.5, 0.6) is 0 Å². The molecule has 0 saturated heterocycles. The first-order chi connectivity index (χ1) is 12.8. The number of aliphatic hydroxyl groups is 1. The summed E-state index contributed by atoms with van der Waals surface area (Å²) in [6.45, 7) is 10.6. The molecule has 1 aliphatic heterocycles. The Labute approximate surface area is 163 Å². The molecule has 0 bridgehead atoms. The van der Waals surface area contributed by atoms with Crippen molar-refractivity contribution in [3.63, 3.8) is 0 Å². The van der Waals surface area contributed by atoms with Crippen LogP contribution in [0.15, 0.2) is 60.3 Å². The van der Waals surface area contributed by atoms with Crippen LogP contribution in [0.3, 0.4) is 0 Å². The molecule has 2 aromatic rings. The molecule has 4 atom stereocenters. The molecule has 2 heterocycles. The van der Waals surface area contributed by atoms with Crippen molar-refractivity contribution in [2.45, 2.75) is 58.7 Å². The van der Waals surface area contributed by atoms with E-state index >= 15 is 0 Å². The summed E-state index contributed by atoms with van der Waals surface area (Å²) in [6, 6.07) is 14.9. The number of aryl methyl sites for hydroxylation is 1. The average molecular weight is 365 g/mol. The number of nitrogens with zero attached hydrogens (tertiary/aromatic N) is 1. The van der Waals surface area contributed by atoms with Crippen LogP contribution < -0.4 is 5.32 Å². The molecule has 3 nitrogen and oxygen atoms in total. The van der Waals surface area contributed by atoms with E-state index in [1.54, 1.807) is 0 Å². The summed E-state index contributed by atoms with van der Waals surface area (Å²) in [7, 11) is 0. The first-order valence-corrected chi connectivity index (χ1v) is 9.91. The largest absolute Gasteiger partial charge is 0.392 e. The van der Waals surface area contributed by atoms with Gasteiger partial charge in [0.2, 0.25) is 0 Å². The van der Waals surface area contributed by atoms with Gasteiger partial charge < -0.3 is 10.4 Å². The predicted octanol–water partition coefficient (Wildman–Crippen LogP) is 4.62. The van der Waals surface area contributed by atoms with E-state index in [2.05, 4.69) is 87.4 Å². The van der Waals surface area contributed by atoms with E-state index in [0.29, 0.717) is 0 Å². The summed E-state index contributed by atoms with van der Waals surface area (Å²) in [6.07, 6.45) is 4.58. The minimum Gasteiger partial charge on any atom is -0.392 e. The van der Waals surface area contributed by atoms with Gasteiger partial charge in [-0.25, -0.2) is 0 Å². The number of aromatic nitrogens is 1. The molecular formula is C24H32N2O. The summed E-state index contributed by atoms with van der Waals surface area (Å²) >= 11 is 0. The fourth-order valence-corrected chi connectivity index (χ4v) is 4.13. The minimum atomic E-state index is -0.403. The topological polar surface area (TPSA) is 45.2 Å². The van der Waals surface area contributed by atoms with Crippen molar-refractivity contribution in [3.05, 3.63) is 77.1 Å². The molecule has 0 aliphatic carbocycles. The number of aliphatic hydroxyl groups excluding tert-OH is 1. The monoisotopic (exact) mass is 364 g/mol. The second-order valence-corrected chi connectivity index (χ2v) is 8.58. The smallest absolute Gasteiger partial charge is 0.0643 e. The number of nitrogens with one attached hydrogen (secondary N) is 1. The van der Waals surface area contributed by atoms with Crippen LogP contribution in [0.25, 0.3) is 0 Å². The fraction of sp³-hybridized carbons (Fsp3) is 0.458. The van der Waals surface area contributed by atoms with Gasteiger partial charge in [-0.2, -0.15) is 0 Å². The van der Waals surface area contributed by atoms with Crippen molar-refractivity contribution in [3.8, 4) is 0 Å². The van der Waals surface area contributed by atoms with Gasteiger partial charge in [-0.05, 0) is 43.9 Å². The highest BCUT2D eigenvalue weighted by Crippen LogP contribution is 2.39. The van der Waals surface area contributed by atoms with Gasteiger partial charge in [0.15, 0.2) is 0 Å². The Kier molecular flexibility index (Phi) is 5.83. The van der Waals surface area contributed by atoms with Crippen molar-refractivity contribution >= 4 is 0 Å². The molecule has 3 rings (SSSR count). The zero-order valence-corrected chi connectivity index (χ0v) is 17.1. The second-order valence-electron chi connectivity index (χ2n) is 8.58. The normalized spacial score (nSPS) is 26.7. The second kappa shape index (κ2) is 7.95. The fourth-order valence-electron chi connectivity index (χ4n) is 4.13. The summed E-state index contributed by atoms with van der Waals surface area (Å²) < 4.78 is 0. The number of hydrogen-bond acceptors (Lipinski definition) is 3. The average Bonchev–Trinajstić information content (AvgIpc) is 2.65. The molecule has 0 fully saturated rings. The number of benzene rings is 1. The molecule has 0 saturated carbocycles. The van der Waals surface area contributed by atoms with Crippen LogP contribution in [0.2, 0.25) is 0 Å². The first kappa shape index (κ1) is 19.8. The lowest BCUT2D eigenvalue weighted by molar-refractivity contribution is 0.0314. The number of rotatable bonds is 5. The zero-order chi connectivity index (χ0) is 19.6. The van der Waals surface area contributed by atoms with E-state index in [0.717, 1.165) is 17.7 Å². The van der Waals surface area contributed by atoms with Crippen molar-refractivity contribution < 1.29 is 5.11 Å².